The Morgan fingerprint density at radius 1 is 1.04 bits per heavy atom. The van der Waals surface area contributed by atoms with E-state index >= 15 is 0 Å². The van der Waals surface area contributed by atoms with Crippen molar-refractivity contribution in [1.82, 2.24) is 9.88 Å². The molecule has 1 aromatic heterocycles. The van der Waals surface area contributed by atoms with Crippen LogP contribution >= 0.6 is 11.6 Å². The normalized spacial score (nSPS) is 14.8. The zero-order valence-corrected chi connectivity index (χ0v) is 15.4. The lowest BCUT2D eigenvalue weighted by atomic mass is 10.1. The summed E-state index contributed by atoms with van der Waals surface area (Å²) < 4.78 is 0. The average Bonchev–Trinajstić information content (AvgIpc) is 3.14. The molecule has 3 aromatic rings. The number of aromatic nitrogens is 1. The molecule has 1 amide bonds. The largest absolute Gasteiger partial charge is 0.368 e. The van der Waals surface area contributed by atoms with Crippen molar-refractivity contribution in [2.24, 2.45) is 0 Å². The molecule has 0 saturated carbocycles. The van der Waals surface area contributed by atoms with E-state index in [0.29, 0.717) is 6.42 Å². The van der Waals surface area contributed by atoms with E-state index in [0.717, 1.165) is 48.8 Å². The number of benzene rings is 2. The zero-order valence-electron chi connectivity index (χ0n) is 14.6. The number of rotatable bonds is 4. The quantitative estimate of drug-likeness (QED) is 0.754. The topological polar surface area (TPSA) is 39.3 Å². The number of hydrogen-bond donors (Lipinski definition) is 1. The molecular formula is C21H22ClN3O. The molecule has 134 valence electrons. The maximum atomic E-state index is 12.6. The number of aryl methyl sites for hydroxylation is 1. The number of halogens is 1. The van der Waals surface area contributed by atoms with Crippen molar-refractivity contribution in [2.75, 3.05) is 31.1 Å². The van der Waals surface area contributed by atoms with E-state index in [1.54, 1.807) is 0 Å². The predicted molar refractivity (Wildman–Crippen MR) is 107 cm³/mol. The van der Waals surface area contributed by atoms with Gasteiger partial charge in [-0.1, -0.05) is 29.8 Å². The van der Waals surface area contributed by atoms with E-state index in [1.165, 1.54) is 10.9 Å². The van der Waals surface area contributed by atoms with Crippen LogP contribution in [0.2, 0.25) is 5.02 Å². The van der Waals surface area contributed by atoms with Gasteiger partial charge in [-0.2, -0.15) is 0 Å². The van der Waals surface area contributed by atoms with Crippen molar-refractivity contribution in [3.63, 3.8) is 0 Å². The Morgan fingerprint density at radius 3 is 2.69 bits per heavy atom. The standard InChI is InChI=1S/C21H22ClN3O/c22-18-2-1-3-19(15-18)24-10-12-25(13-11-24)21(26)7-5-16-4-6-17-8-9-23-20(17)14-16/h1-4,6,8-9,14-15,23H,5,7,10-13H2. The van der Waals surface area contributed by atoms with E-state index in [-0.39, 0.29) is 5.91 Å². The molecule has 0 radical (unpaired) electrons. The summed E-state index contributed by atoms with van der Waals surface area (Å²) in [5, 5.41) is 1.96. The summed E-state index contributed by atoms with van der Waals surface area (Å²) in [5.41, 5.74) is 3.46. The molecular weight excluding hydrogens is 346 g/mol. The van der Waals surface area contributed by atoms with Crippen molar-refractivity contribution in [3.8, 4) is 0 Å². The lowest BCUT2D eigenvalue weighted by molar-refractivity contribution is -0.131. The molecule has 5 heteroatoms. The highest BCUT2D eigenvalue weighted by Gasteiger charge is 2.21. The van der Waals surface area contributed by atoms with Gasteiger partial charge < -0.3 is 14.8 Å². The van der Waals surface area contributed by atoms with Crippen LogP contribution in [0.3, 0.4) is 0 Å². The molecule has 1 aliphatic rings. The van der Waals surface area contributed by atoms with Crippen LogP contribution in [0, 0.1) is 0 Å². The number of hydrogen-bond acceptors (Lipinski definition) is 2. The minimum Gasteiger partial charge on any atom is -0.368 e. The van der Waals surface area contributed by atoms with Crippen LogP contribution in [0.15, 0.2) is 54.7 Å². The third-order valence-corrected chi connectivity index (χ3v) is 5.29. The number of H-pyrrole nitrogens is 1. The second-order valence-corrected chi connectivity index (χ2v) is 7.18. The van der Waals surface area contributed by atoms with Crippen LogP contribution < -0.4 is 4.90 Å². The highest BCUT2D eigenvalue weighted by atomic mass is 35.5. The van der Waals surface area contributed by atoms with E-state index in [1.807, 2.05) is 29.3 Å². The highest BCUT2D eigenvalue weighted by Crippen LogP contribution is 2.21. The smallest absolute Gasteiger partial charge is 0.223 e. The van der Waals surface area contributed by atoms with Gasteiger partial charge >= 0.3 is 0 Å². The van der Waals surface area contributed by atoms with Gasteiger partial charge in [0.25, 0.3) is 0 Å². The molecule has 2 heterocycles. The van der Waals surface area contributed by atoms with Gasteiger partial charge in [0.1, 0.15) is 0 Å². The van der Waals surface area contributed by atoms with Gasteiger partial charge in [-0.05, 0) is 47.7 Å². The monoisotopic (exact) mass is 367 g/mol. The van der Waals surface area contributed by atoms with Crippen molar-refractivity contribution in [1.29, 1.82) is 0 Å². The van der Waals surface area contributed by atoms with Crippen molar-refractivity contribution < 1.29 is 4.79 Å². The second-order valence-electron chi connectivity index (χ2n) is 6.75. The number of anilines is 1. The molecule has 0 aliphatic carbocycles. The first-order chi connectivity index (χ1) is 12.7. The first-order valence-corrected chi connectivity index (χ1v) is 9.41. The molecule has 2 aromatic carbocycles. The fraction of sp³-hybridized carbons (Fsp3) is 0.286. The molecule has 4 nitrogen and oxygen atoms in total. The molecule has 1 aliphatic heterocycles. The van der Waals surface area contributed by atoms with Gasteiger partial charge in [0, 0.05) is 55.0 Å². The molecule has 4 rings (SSSR count). The summed E-state index contributed by atoms with van der Waals surface area (Å²) in [4.78, 5) is 20.1. The predicted octanol–water partition coefficient (Wildman–Crippen LogP) is 4.10. The first kappa shape index (κ1) is 17.0. The van der Waals surface area contributed by atoms with Gasteiger partial charge in [0.05, 0.1) is 0 Å². The Hall–Kier alpha value is -2.46. The van der Waals surface area contributed by atoms with Gasteiger partial charge in [0.15, 0.2) is 0 Å². The van der Waals surface area contributed by atoms with E-state index in [4.69, 9.17) is 11.6 Å². The Morgan fingerprint density at radius 2 is 1.88 bits per heavy atom. The average molecular weight is 368 g/mol. The number of aromatic amines is 1. The Bertz CT molecular complexity index is 912. The number of carbonyl (C=O) groups is 1. The molecule has 1 N–H and O–H groups in total. The van der Waals surface area contributed by atoms with Crippen molar-refractivity contribution >= 4 is 34.1 Å². The van der Waals surface area contributed by atoms with Crippen LogP contribution in [-0.4, -0.2) is 42.0 Å². The lowest BCUT2D eigenvalue weighted by Crippen LogP contribution is -2.48. The maximum absolute atomic E-state index is 12.6. The Kier molecular flexibility index (Phi) is 4.85. The van der Waals surface area contributed by atoms with E-state index in [9.17, 15) is 4.79 Å². The second kappa shape index (κ2) is 7.42. The summed E-state index contributed by atoms with van der Waals surface area (Å²) in [6, 6.07) is 16.3. The summed E-state index contributed by atoms with van der Waals surface area (Å²) in [5.74, 6) is 0.238. The van der Waals surface area contributed by atoms with Crippen LogP contribution in [0.25, 0.3) is 10.9 Å². The van der Waals surface area contributed by atoms with Crippen LogP contribution in [0.5, 0.6) is 0 Å². The summed E-state index contributed by atoms with van der Waals surface area (Å²) >= 11 is 6.08. The van der Waals surface area contributed by atoms with Gasteiger partial charge in [0.2, 0.25) is 5.91 Å². The van der Waals surface area contributed by atoms with Crippen molar-refractivity contribution in [3.05, 3.63) is 65.3 Å². The van der Waals surface area contributed by atoms with Gasteiger partial charge in [-0.15, -0.1) is 0 Å². The van der Waals surface area contributed by atoms with Gasteiger partial charge in [-0.25, -0.2) is 0 Å². The van der Waals surface area contributed by atoms with E-state index in [2.05, 4.69) is 40.2 Å². The summed E-state index contributed by atoms with van der Waals surface area (Å²) in [6.45, 7) is 3.23. The third-order valence-electron chi connectivity index (χ3n) is 5.05. The Balaban J connectivity index is 1.30. The summed E-state index contributed by atoms with van der Waals surface area (Å²) in [7, 11) is 0. The third kappa shape index (κ3) is 3.70. The fourth-order valence-electron chi connectivity index (χ4n) is 3.55. The number of fused-ring (bicyclic) bond motifs is 1. The first-order valence-electron chi connectivity index (χ1n) is 9.03. The van der Waals surface area contributed by atoms with Crippen LogP contribution in [-0.2, 0) is 11.2 Å². The molecule has 26 heavy (non-hydrogen) atoms. The fourth-order valence-corrected chi connectivity index (χ4v) is 3.73. The number of carbonyl (C=O) groups excluding carboxylic acids is 1. The van der Waals surface area contributed by atoms with E-state index < -0.39 is 0 Å². The molecule has 0 atom stereocenters. The number of nitrogens with zero attached hydrogens (tertiary/aromatic N) is 2. The lowest BCUT2D eigenvalue weighted by Gasteiger charge is -2.36. The zero-order chi connectivity index (χ0) is 17.9. The maximum Gasteiger partial charge on any atom is 0.223 e. The SMILES string of the molecule is O=C(CCc1ccc2cc[nH]c2c1)N1CCN(c2cccc(Cl)c2)CC1. The molecule has 1 fully saturated rings. The number of amides is 1. The molecule has 0 bridgehead atoms. The number of nitrogens with one attached hydrogen (secondary N) is 1. The minimum atomic E-state index is 0.238. The highest BCUT2D eigenvalue weighted by molar-refractivity contribution is 6.30. The number of piperazine rings is 1. The van der Waals surface area contributed by atoms with Crippen LogP contribution in [0.4, 0.5) is 5.69 Å². The van der Waals surface area contributed by atoms with Crippen molar-refractivity contribution in [2.45, 2.75) is 12.8 Å². The minimum absolute atomic E-state index is 0.238. The van der Waals surface area contributed by atoms with Gasteiger partial charge in [-0.3, -0.25) is 4.79 Å². The van der Waals surface area contributed by atoms with Crippen LogP contribution in [0.1, 0.15) is 12.0 Å². The molecule has 1 saturated heterocycles. The molecule has 0 unspecified atom stereocenters. The summed E-state index contributed by atoms with van der Waals surface area (Å²) in [6.07, 6.45) is 3.28. The Labute approximate surface area is 158 Å². The molecule has 0 spiro atoms.